The molecule has 1 aromatic carbocycles. The van der Waals surface area contributed by atoms with Gasteiger partial charge in [0.2, 0.25) is 0 Å². The second-order valence-electron chi connectivity index (χ2n) is 6.33. The van der Waals surface area contributed by atoms with E-state index in [0.717, 1.165) is 24.3 Å². The average molecular weight is 376 g/mol. The van der Waals surface area contributed by atoms with Crippen molar-refractivity contribution < 1.29 is 22.4 Å². The number of Topliss-reactive ketones (excluding diaryl/α,β-unsaturated/α-hetero) is 1. The topological polar surface area (TPSA) is 33.2 Å². The van der Waals surface area contributed by atoms with Gasteiger partial charge in [-0.05, 0) is 43.0 Å². The van der Waals surface area contributed by atoms with Crippen molar-refractivity contribution in [1.82, 2.24) is 9.88 Å². The van der Waals surface area contributed by atoms with Gasteiger partial charge in [0.15, 0.2) is 5.78 Å². The van der Waals surface area contributed by atoms with E-state index in [1.54, 1.807) is 42.6 Å². The van der Waals surface area contributed by atoms with Gasteiger partial charge in [0, 0.05) is 42.2 Å². The van der Waals surface area contributed by atoms with Crippen LogP contribution in [0.3, 0.4) is 0 Å². The van der Waals surface area contributed by atoms with Crippen LogP contribution in [0.4, 0.5) is 17.6 Å². The second kappa shape index (κ2) is 7.44. The van der Waals surface area contributed by atoms with E-state index in [2.05, 4.69) is 4.98 Å². The van der Waals surface area contributed by atoms with Crippen LogP contribution in [0.25, 0.3) is 12.2 Å². The van der Waals surface area contributed by atoms with Gasteiger partial charge in [0.1, 0.15) is 5.82 Å². The number of piperidine rings is 1. The molecule has 1 aliphatic heterocycles. The molecule has 3 nitrogen and oxygen atoms in total. The first-order chi connectivity index (χ1) is 12.8. The van der Waals surface area contributed by atoms with Crippen LogP contribution in [0.5, 0.6) is 0 Å². The van der Waals surface area contributed by atoms with E-state index in [9.17, 15) is 22.4 Å². The predicted octanol–water partition coefficient (Wildman–Crippen LogP) is 4.22. The van der Waals surface area contributed by atoms with Crippen LogP contribution in [0.15, 0.2) is 53.9 Å². The van der Waals surface area contributed by atoms with E-state index in [1.165, 1.54) is 0 Å². The Labute approximate surface area is 153 Å². The molecule has 1 fully saturated rings. The lowest BCUT2D eigenvalue weighted by atomic mass is 9.93. The number of rotatable bonds is 2. The Morgan fingerprint density at radius 3 is 2.41 bits per heavy atom. The highest BCUT2D eigenvalue weighted by molar-refractivity contribution is 6.14. The summed E-state index contributed by atoms with van der Waals surface area (Å²) < 4.78 is 53.7. The third kappa shape index (κ3) is 4.31. The number of likely N-dealkylation sites (tertiary alicyclic amines) is 1. The lowest BCUT2D eigenvalue weighted by molar-refractivity contribution is -0.138. The van der Waals surface area contributed by atoms with Gasteiger partial charge >= 0.3 is 6.18 Å². The molecule has 1 aromatic heterocycles. The predicted molar refractivity (Wildman–Crippen MR) is 94.1 cm³/mol. The summed E-state index contributed by atoms with van der Waals surface area (Å²) in [6.45, 7) is 0.476. The number of pyridine rings is 1. The number of ketones is 1. The van der Waals surface area contributed by atoms with Crippen molar-refractivity contribution in [2.45, 2.75) is 6.18 Å². The quantitative estimate of drug-likeness (QED) is 0.581. The molecule has 1 saturated heterocycles. The molecule has 140 valence electrons. The molecule has 2 heterocycles. The molecule has 1 aliphatic rings. The molecule has 0 spiro atoms. The van der Waals surface area contributed by atoms with Gasteiger partial charge in [-0.2, -0.15) is 13.2 Å². The van der Waals surface area contributed by atoms with Gasteiger partial charge in [-0.15, -0.1) is 0 Å². The standard InChI is InChI=1S/C20H16F4N2O/c1-26-11-14(8-13-4-3-7-25-10-13)19(27)15(12-26)9-16-17(20(22,23)24)5-2-6-18(16)21/h2-10H,11-12H2,1H3/b14-8+,15-9+. The van der Waals surface area contributed by atoms with Gasteiger partial charge in [-0.25, -0.2) is 4.39 Å². The molecule has 0 N–H and O–H groups in total. The number of hydrogen-bond donors (Lipinski definition) is 0. The van der Waals surface area contributed by atoms with Crippen LogP contribution >= 0.6 is 0 Å². The molecule has 0 unspecified atom stereocenters. The summed E-state index contributed by atoms with van der Waals surface area (Å²) in [6, 6.07) is 6.24. The Morgan fingerprint density at radius 2 is 1.78 bits per heavy atom. The first-order valence-corrected chi connectivity index (χ1v) is 8.16. The Bertz CT molecular complexity index is 917. The van der Waals surface area contributed by atoms with Crippen molar-refractivity contribution in [3.8, 4) is 0 Å². The zero-order valence-electron chi connectivity index (χ0n) is 14.4. The van der Waals surface area contributed by atoms with E-state index < -0.39 is 28.9 Å². The van der Waals surface area contributed by atoms with Crippen LogP contribution in [0.2, 0.25) is 0 Å². The molecule has 0 amide bonds. The summed E-state index contributed by atoms with van der Waals surface area (Å²) in [4.78, 5) is 18.5. The van der Waals surface area contributed by atoms with Crippen LogP contribution in [0, 0.1) is 5.82 Å². The Hall–Kier alpha value is -2.80. The highest BCUT2D eigenvalue weighted by atomic mass is 19.4. The number of carbonyl (C=O) groups excluding carboxylic acids is 1. The molecule has 0 atom stereocenters. The molecule has 0 saturated carbocycles. The summed E-state index contributed by atoms with van der Waals surface area (Å²) in [5.74, 6) is -1.41. The van der Waals surface area contributed by atoms with Crippen LogP contribution in [-0.2, 0) is 11.0 Å². The van der Waals surface area contributed by atoms with E-state index in [4.69, 9.17) is 0 Å². The zero-order valence-corrected chi connectivity index (χ0v) is 14.4. The minimum atomic E-state index is -4.72. The van der Waals surface area contributed by atoms with E-state index in [1.807, 2.05) is 0 Å². The minimum absolute atomic E-state index is 0.106. The van der Waals surface area contributed by atoms with Gasteiger partial charge in [-0.3, -0.25) is 14.7 Å². The van der Waals surface area contributed by atoms with Crippen molar-refractivity contribution in [1.29, 1.82) is 0 Å². The lowest BCUT2D eigenvalue weighted by Crippen LogP contribution is -2.34. The number of aromatic nitrogens is 1. The Balaban J connectivity index is 2.05. The smallest absolute Gasteiger partial charge is 0.298 e. The van der Waals surface area contributed by atoms with Gasteiger partial charge in [0.05, 0.1) is 5.56 Å². The molecule has 7 heteroatoms. The Morgan fingerprint density at radius 1 is 1.07 bits per heavy atom. The molecule has 3 rings (SSSR count). The molecule has 27 heavy (non-hydrogen) atoms. The number of alkyl halides is 3. The largest absolute Gasteiger partial charge is 0.417 e. The SMILES string of the molecule is CN1C/C(=C\c2cccnc2)C(=O)/C(=C/c2c(F)cccc2C(F)(F)F)C1. The Kier molecular flexibility index (Phi) is 5.23. The average Bonchev–Trinajstić information content (AvgIpc) is 2.60. The fourth-order valence-corrected chi connectivity index (χ4v) is 2.98. The fourth-order valence-electron chi connectivity index (χ4n) is 2.98. The number of halogens is 4. The molecular formula is C20H16F4N2O. The number of nitrogens with zero attached hydrogens (tertiary/aromatic N) is 2. The van der Waals surface area contributed by atoms with E-state index >= 15 is 0 Å². The molecule has 0 bridgehead atoms. The molecule has 0 aliphatic carbocycles. The fraction of sp³-hybridized carbons (Fsp3) is 0.200. The van der Waals surface area contributed by atoms with Gasteiger partial charge < -0.3 is 0 Å². The third-order valence-electron chi connectivity index (χ3n) is 4.17. The third-order valence-corrected chi connectivity index (χ3v) is 4.17. The maximum absolute atomic E-state index is 14.1. The van der Waals surface area contributed by atoms with E-state index in [-0.39, 0.29) is 12.1 Å². The lowest BCUT2D eigenvalue weighted by Gasteiger charge is -2.26. The maximum atomic E-state index is 14.1. The number of likely N-dealkylation sites (N-methyl/N-ethyl adjacent to an activating group) is 1. The highest BCUT2D eigenvalue weighted by Gasteiger charge is 2.34. The summed E-state index contributed by atoms with van der Waals surface area (Å²) >= 11 is 0. The monoisotopic (exact) mass is 376 g/mol. The first kappa shape index (κ1) is 19.0. The van der Waals surface area contributed by atoms with Crippen molar-refractivity contribution in [3.63, 3.8) is 0 Å². The summed E-state index contributed by atoms with van der Waals surface area (Å²) in [7, 11) is 1.74. The van der Waals surface area contributed by atoms with Crippen molar-refractivity contribution >= 4 is 17.9 Å². The second-order valence-corrected chi connectivity index (χ2v) is 6.33. The van der Waals surface area contributed by atoms with Gasteiger partial charge in [0.25, 0.3) is 0 Å². The van der Waals surface area contributed by atoms with Crippen LogP contribution in [0.1, 0.15) is 16.7 Å². The highest BCUT2D eigenvalue weighted by Crippen LogP contribution is 2.34. The van der Waals surface area contributed by atoms with Crippen molar-refractivity contribution in [2.75, 3.05) is 20.1 Å². The molecule has 2 aromatic rings. The number of hydrogen-bond acceptors (Lipinski definition) is 3. The summed E-state index contributed by atoms with van der Waals surface area (Å²) in [5.41, 5.74) is -0.502. The molecular weight excluding hydrogens is 360 g/mol. The normalized spacial score (nSPS) is 19.1. The number of benzene rings is 1. The number of carbonyl (C=O) groups is 1. The maximum Gasteiger partial charge on any atom is 0.417 e. The van der Waals surface area contributed by atoms with Crippen molar-refractivity contribution in [3.05, 3.63) is 76.4 Å². The minimum Gasteiger partial charge on any atom is -0.298 e. The zero-order chi connectivity index (χ0) is 19.6. The van der Waals surface area contributed by atoms with Gasteiger partial charge in [-0.1, -0.05) is 12.1 Å². The van der Waals surface area contributed by atoms with Crippen LogP contribution < -0.4 is 0 Å². The summed E-state index contributed by atoms with van der Waals surface area (Å²) in [6.07, 6.45) is 1.11. The van der Waals surface area contributed by atoms with Crippen molar-refractivity contribution in [2.24, 2.45) is 0 Å². The first-order valence-electron chi connectivity index (χ1n) is 8.16. The summed E-state index contributed by atoms with van der Waals surface area (Å²) in [5, 5.41) is 0. The van der Waals surface area contributed by atoms with Crippen LogP contribution in [-0.4, -0.2) is 35.8 Å². The molecule has 0 radical (unpaired) electrons. The van der Waals surface area contributed by atoms with E-state index in [0.29, 0.717) is 17.7 Å².